The normalized spacial score (nSPS) is 11.9. The summed E-state index contributed by atoms with van der Waals surface area (Å²) in [5.74, 6) is 0.736. The van der Waals surface area contributed by atoms with E-state index in [9.17, 15) is 5.26 Å². The lowest BCUT2D eigenvalue weighted by Crippen LogP contribution is -2.24. The molecule has 0 atom stereocenters. The van der Waals surface area contributed by atoms with E-state index in [4.69, 9.17) is 4.74 Å². The summed E-state index contributed by atoms with van der Waals surface area (Å²) < 4.78 is 10.8. The Morgan fingerprint density at radius 2 is 1.93 bits per heavy atom. The molecule has 156 valence electrons. The van der Waals surface area contributed by atoms with E-state index in [-0.39, 0.29) is 5.41 Å². The molecule has 0 saturated heterocycles. The van der Waals surface area contributed by atoms with Crippen molar-refractivity contribution in [3.63, 3.8) is 0 Å². The number of aromatic nitrogens is 1. The standard InChI is InChI=1S/C23H32N4OS/c1-9-23(7,10-2)21-18(13-24)22(29-26-21)28-20-12-16(5)19(11-17(20)6)25-14-27(8)15(3)4/h11-12,14-15H,9-10H2,1-8H3. The van der Waals surface area contributed by atoms with Gasteiger partial charge >= 0.3 is 0 Å². The maximum atomic E-state index is 9.77. The van der Waals surface area contributed by atoms with E-state index in [1.54, 1.807) is 0 Å². The Bertz CT molecular complexity index is 920. The minimum Gasteiger partial charge on any atom is -0.443 e. The molecule has 0 unspecified atom stereocenters. The quantitative estimate of drug-likeness (QED) is 0.367. The van der Waals surface area contributed by atoms with Gasteiger partial charge in [-0.2, -0.15) is 9.64 Å². The largest absolute Gasteiger partial charge is 0.443 e. The number of aryl methyl sites for hydroxylation is 2. The lowest BCUT2D eigenvalue weighted by atomic mass is 9.80. The SMILES string of the molecule is CCC(C)(CC)c1nsc(Oc2cc(C)c(N=CN(C)C(C)C)cc2C)c1C#N. The van der Waals surface area contributed by atoms with Crippen LogP contribution in [0.4, 0.5) is 5.69 Å². The second-order valence-electron chi connectivity index (χ2n) is 8.08. The van der Waals surface area contributed by atoms with Crippen LogP contribution >= 0.6 is 11.5 Å². The van der Waals surface area contributed by atoms with E-state index >= 15 is 0 Å². The van der Waals surface area contributed by atoms with Gasteiger partial charge in [-0.05, 0) is 63.8 Å². The average molecular weight is 413 g/mol. The van der Waals surface area contributed by atoms with Gasteiger partial charge in [0.25, 0.3) is 0 Å². The molecule has 0 saturated carbocycles. The number of aliphatic imine (C=N–C) groups is 1. The minimum absolute atomic E-state index is 0.116. The van der Waals surface area contributed by atoms with Gasteiger partial charge < -0.3 is 9.64 Å². The van der Waals surface area contributed by atoms with Crippen LogP contribution < -0.4 is 4.74 Å². The summed E-state index contributed by atoms with van der Waals surface area (Å²) in [4.78, 5) is 6.68. The molecule has 0 N–H and O–H groups in total. The molecule has 0 spiro atoms. The van der Waals surface area contributed by atoms with Gasteiger partial charge in [-0.1, -0.05) is 20.8 Å². The number of benzene rings is 1. The van der Waals surface area contributed by atoms with Gasteiger partial charge in [0, 0.05) is 30.0 Å². The molecule has 2 rings (SSSR count). The highest BCUT2D eigenvalue weighted by Gasteiger charge is 2.31. The van der Waals surface area contributed by atoms with Gasteiger partial charge in [0.15, 0.2) is 0 Å². The molecule has 1 aromatic heterocycles. The minimum atomic E-state index is -0.116. The van der Waals surface area contributed by atoms with Crippen molar-refractivity contribution in [3.05, 3.63) is 34.5 Å². The van der Waals surface area contributed by atoms with Crippen LogP contribution in [0.25, 0.3) is 0 Å². The monoisotopic (exact) mass is 412 g/mol. The van der Waals surface area contributed by atoms with Crippen molar-refractivity contribution in [2.45, 2.75) is 72.8 Å². The molecule has 2 aromatic rings. The maximum Gasteiger partial charge on any atom is 0.218 e. The first-order chi connectivity index (χ1) is 13.7. The average Bonchev–Trinajstić information content (AvgIpc) is 3.11. The van der Waals surface area contributed by atoms with Gasteiger partial charge in [0.05, 0.1) is 17.7 Å². The molecule has 5 nitrogen and oxygen atoms in total. The lowest BCUT2D eigenvalue weighted by molar-refractivity contribution is 0.426. The molecule has 1 heterocycles. The van der Waals surface area contributed by atoms with Crippen LogP contribution in [0, 0.1) is 25.2 Å². The third kappa shape index (κ3) is 4.97. The third-order valence-corrected chi connectivity index (χ3v) is 6.52. The van der Waals surface area contributed by atoms with E-state index in [0.29, 0.717) is 16.7 Å². The Labute approximate surface area is 179 Å². The molecule has 0 fully saturated rings. The van der Waals surface area contributed by atoms with E-state index < -0.39 is 0 Å². The van der Waals surface area contributed by atoms with Crippen molar-refractivity contribution in [3.8, 4) is 16.9 Å². The number of hydrogen-bond acceptors (Lipinski definition) is 5. The lowest BCUT2D eigenvalue weighted by Gasteiger charge is -2.24. The highest BCUT2D eigenvalue weighted by Crippen LogP contribution is 2.41. The Hall–Kier alpha value is -2.39. The molecular weight excluding hydrogens is 380 g/mol. The zero-order chi connectivity index (χ0) is 21.8. The van der Waals surface area contributed by atoms with E-state index in [2.05, 4.69) is 55.0 Å². The second kappa shape index (κ2) is 9.41. The van der Waals surface area contributed by atoms with E-state index in [1.807, 2.05) is 39.4 Å². The van der Waals surface area contributed by atoms with Crippen molar-refractivity contribution in [1.29, 1.82) is 5.26 Å². The molecule has 0 bridgehead atoms. The summed E-state index contributed by atoms with van der Waals surface area (Å²) in [6.45, 7) is 14.7. The summed E-state index contributed by atoms with van der Waals surface area (Å²) in [5, 5.41) is 10.3. The summed E-state index contributed by atoms with van der Waals surface area (Å²) >= 11 is 1.26. The fourth-order valence-corrected chi connectivity index (χ4v) is 3.70. The van der Waals surface area contributed by atoms with Crippen molar-refractivity contribution < 1.29 is 4.74 Å². The molecule has 29 heavy (non-hydrogen) atoms. The van der Waals surface area contributed by atoms with Crippen LogP contribution in [0.15, 0.2) is 17.1 Å². The molecule has 0 amide bonds. The highest BCUT2D eigenvalue weighted by atomic mass is 32.1. The summed E-state index contributed by atoms with van der Waals surface area (Å²) in [6.07, 6.45) is 3.71. The first kappa shape index (κ1) is 22.9. The fraction of sp³-hybridized carbons (Fsp3) is 0.522. The zero-order valence-electron chi connectivity index (χ0n) is 18.8. The van der Waals surface area contributed by atoms with Gasteiger partial charge in [0.1, 0.15) is 17.4 Å². The number of nitrogens with zero attached hydrogens (tertiary/aromatic N) is 4. The first-order valence-corrected chi connectivity index (χ1v) is 10.9. The number of nitriles is 1. The van der Waals surface area contributed by atoms with Crippen LogP contribution in [-0.4, -0.2) is 28.7 Å². The fourth-order valence-electron chi connectivity index (χ4n) is 2.85. The molecular formula is C23H32N4OS. The third-order valence-electron chi connectivity index (χ3n) is 5.79. The van der Waals surface area contributed by atoms with Gasteiger partial charge in [-0.3, -0.25) is 0 Å². The Balaban J connectivity index is 2.36. The first-order valence-electron chi connectivity index (χ1n) is 10.1. The van der Waals surface area contributed by atoms with Gasteiger partial charge in [0.2, 0.25) is 5.06 Å². The molecule has 0 aliphatic carbocycles. The molecule has 6 heteroatoms. The number of rotatable bonds is 8. The predicted molar refractivity (Wildman–Crippen MR) is 122 cm³/mol. The molecule has 1 aromatic carbocycles. The second-order valence-corrected chi connectivity index (χ2v) is 8.82. The Morgan fingerprint density at radius 1 is 1.28 bits per heavy atom. The smallest absolute Gasteiger partial charge is 0.218 e. The van der Waals surface area contributed by atoms with Crippen molar-refractivity contribution >= 4 is 23.6 Å². The number of hydrogen-bond donors (Lipinski definition) is 0. The summed E-state index contributed by atoms with van der Waals surface area (Å²) in [7, 11) is 2.01. The van der Waals surface area contributed by atoms with Crippen molar-refractivity contribution in [2.24, 2.45) is 4.99 Å². The number of ether oxygens (including phenoxy) is 1. The predicted octanol–water partition coefficient (Wildman–Crippen LogP) is 6.50. The molecule has 0 aliphatic heterocycles. The maximum absolute atomic E-state index is 9.77. The molecule has 0 aliphatic rings. The summed E-state index contributed by atoms with van der Waals surface area (Å²) in [5.41, 5.74) is 4.19. The molecule has 0 radical (unpaired) electrons. The van der Waals surface area contributed by atoms with E-state index in [1.165, 1.54) is 11.5 Å². The van der Waals surface area contributed by atoms with Crippen molar-refractivity contribution in [1.82, 2.24) is 9.27 Å². The summed E-state index contributed by atoms with van der Waals surface area (Å²) in [6, 6.07) is 6.72. The van der Waals surface area contributed by atoms with Crippen LogP contribution in [-0.2, 0) is 5.41 Å². The van der Waals surface area contributed by atoms with Crippen LogP contribution in [0.2, 0.25) is 0 Å². The highest BCUT2D eigenvalue weighted by molar-refractivity contribution is 7.08. The Kier molecular flexibility index (Phi) is 7.43. The van der Waals surface area contributed by atoms with Crippen LogP contribution in [0.1, 0.15) is 69.8 Å². The Morgan fingerprint density at radius 3 is 2.48 bits per heavy atom. The van der Waals surface area contributed by atoms with E-state index in [0.717, 1.165) is 41.1 Å². The van der Waals surface area contributed by atoms with Crippen LogP contribution in [0.3, 0.4) is 0 Å². The van der Waals surface area contributed by atoms with Crippen molar-refractivity contribution in [2.75, 3.05) is 7.05 Å². The topological polar surface area (TPSA) is 61.5 Å². The van der Waals surface area contributed by atoms with Crippen LogP contribution in [0.5, 0.6) is 10.8 Å². The zero-order valence-corrected chi connectivity index (χ0v) is 19.6. The van der Waals surface area contributed by atoms with Gasteiger partial charge in [-0.15, -0.1) is 0 Å². The van der Waals surface area contributed by atoms with Gasteiger partial charge in [-0.25, -0.2) is 4.99 Å².